The first-order chi connectivity index (χ1) is 15.1. The highest BCUT2D eigenvalue weighted by Gasteiger charge is 2.18. The summed E-state index contributed by atoms with van der Waals surface area (Å²) in [5.74, 6) is 1.22. The Hall–Kier alpha value is -2.90. The standard InChI is InChI=1S/C24H24N4OS2/c1-18-10-12-20(13-11-18)15-27(2)22(29)17-31-24-26-25-23(21-9-6-14-30-21)28(24)16-19-7-4-3-5-8-19/h3-14H,15-17H2,1-2H3. The van der Waals surface area contributed by atoms with Crippen molar-refractivity contribution in [3.63, 3.8) is 0 Å². The smallest absolute Gasteiger partial charge is 0.233 e. The van der Waals surface area contributed by atoms with E-state index in [1.165, 1.54) is 22.9 Å². The predicted molar refractivity (Wildman–Crippen MR) is 127 cm³/mol. The minimum atomic E-state index is 0.0671. The SMILES string of the molecule is Cc1ccc(CN(C)C(=O)CSc2nnc(-c3cccs3)n2Cc2ccccc2)cc1. The predicted octanol–water partition coefficient (Wildman–Crippen LogP) is 5.11. The van der Waals surface area contributed by atoms with E-state index in [-0.39, 0.29) is 5.91 Å². The summed E-state index contributed by atoms with van der Waals surface area (Å²) >= 11 is 3.07. The minimum Gasteiger partial charge on any atom is -0.341 e. The monoisotopic (exact) mass is 448 g/mol. The molecule has 7 heteroatoms. The number of thiophene rings is 1. The van der Waals surface area contributed by atoms with Gasteiger partial charge in [-0.05, 0) is 29.5 Å². The summed E-state index contributed by atoms with van der Waals surface area (Å²) in [5, 5.41) is 11.6. The first-order valence-corrected chi connectivity index (χ1v) is 11.9. The highest BCUT2D eigenvalue weighted by Crippen LogP contribution is 2.28. The molecule has 1 amide bonds. The first-order valence-electron chi connectivity index (χ1n) is 10.0. The van der Waals surface area contributed by atoms with Gasteiger partial charge in [0, 0.05) is 13.6 Å². The second-order valence-corrected chi connectivity index (χ2v) is 9.27. The van der Waals surface area contributed by atoms with Crippen molar-refractivity contribution in [1.82, 2.24) is 19.7 Å². The Bertz CT molecular complexity index is 1120. The van der Waals surface area contributed by atoms with Crippen molar-refractivity contribution in [3.8, 4) is 10.7 Å². The van der Waals surface area contributed by atoms with Gasteiger partial charge in [-0.1, -0.05) is 78.0 Å². The number of carbonyl (C=O) groups is 1. The van der Waals surface area contributed by atoms with E-state index in [1.807, 2.05) is 42.8 Å². The van der Waals surface area contributed by atoms with E-state index in [0.717, 1.165) is 21.4 Å². The molecule has 0 N–H and O–H groups in total. The molecule has 0 unspecified atom stereocenters. The zero-order chi connectivity index (χ0) is 21.6. The fraction of sp³-hybridized carbons (Fsp3) is 0.208. The number of carbonyl (C=O) groups excluding carboxylic acids is 1. The van der Waals surface area contributed by atoms with E-state index in [1.54, 1.807) is 16.2 Å². The first kappa shape index (κ1) is 21.3. The number of hydrogen-bond acceptors (Lipinski definition) is 5. The summed E-state index contributed by atoms with van der Waals surface area (Å²) < 4.78 is 2.10. The molecule has 2 aromatic carbocycles. The topological polar surface area (TPSA) is 51.0 Å². The number of benzene rings is 2. The molecule has 0 bridgehead atoms. The van der Waals surface area contributed by atoms with Crippen LogP contribution in [0.1, 0.15) is 16.7 Å². The molecule has 0 aliphatic heterocycles. The molecule has 31 heavy (non-hydrogen) atoms. The summed E-state index contributed by atoms with van der Waals surface area (Å²) in [5.41, 5.74) is 3.51. The van der Waals surface area contributed by atoms with Gasteiger partial charge in [-0.15, -0.1) is 21.5 Å². The van der Waals surface area contributed by atoms with Gasteiger partial charge in [0.15, 0.2) is 11.0 Å². The molecular weight excluding hydrogens is 424 g/mol. The Balaban J connectivity index is 1.47. The Kier molecular flexibility index (Phi) is 6.84. The van der Waals surface area contributed by atoms with E-state index in [0.29, 0.717) is 18.8 Å². The Labute approximate surface area is 190 Å². The maximum atomic E-state index is 12.7. The van der Waals surface area contributed by atoms with Gasteiger partial charge in [0.05, 0.1) is 17.2 Å². The van der Waals surface area contributed by atoms with Crippen molar-refractivity contribution in [2.24, 2.45) is 0 Å². The molecule has 0 saturated carbocycles. The molecule has 0 atom stereocenters. The third kappa shape index (κ3) is 5.42. The summed E-state index contributed by atoms with van der Waals surface area (Å²) in [4.78, 5) is 15.6. The number of amides is 1. The van der Waals surface area contributed by atoms with Crippen LogP contribution >= 0.6 is 23.1 Å². The van der Waals surface area contributed by atoms with Crippen LogP contribution in [0, 0.1) is 6.92 Å². The quantitative estimate of drug-likeness (QED) is 0.351. The van der Waals surface area contributed by atoms with Crippen LogP contribution in [0.3, 0.4) is 0 Å². The van der Waals surface area contributed by atoms with E-state index in [4.69, 9.17) is 0 Å². The normalized spacial score (nSPS) is 10.9. The van der Waals surface area contributed by atoms with Crippen molar-refractivity contribution in [3.05, 3.63) is 88.8 Å². The molecule has 2 aromatic heterocycles. The second kappa shape index (κ2) is 9.94. The summed E-state index contributed by atoms with van der Waals surface area (Å²) in [6, 6.07) is 22.6. The Morgan fingerprint density at radius 1 is 1.00 bits per heavy atom. The zero-order valence-corrected chi connectivity index (χ0v) is 19.2. The zero-order valence-electron chi connectivity index (χ0n) is 17.6. The maximum Gasteiger partial charge on any atom is 0.233 e. The molecule has 4 rings (SSSR count). The fourth-order valence-electron chi connectivity index (χ4n) is 3.18. The van der Waals surface area contributed by atoms with Crippen molar-refractivity contribution < 1.29 is 4.79 Å². The van der Waals surface area contributed by atoms with E-state index < -0.39 is 0 Å². The molecular formula is C24H24N4OS2. The summed E-state index contributed by atoms with van der Waals surface area (Å²) in [6.07, 6.45) is 0. The lowest BCUT2D eigenvalue weighted by Gasteiger charge is -2.17. The van der Waals surface area contributed by atoms with Crippen molar-refractivity contribution in [2.45, 2.75) is 25.2 Å². The van der Waals surface area contributed by atoms with E-state index >= 15 is 0 Å². The Morgan fingerprint density at radius 2 is 1.77 bits per heavy atom. The number of nitrogens with zero attached hydrogens (tertiary/aromatic N) is 4. The molecule has 0 radical (unpaired) electrons. The van der Waals surface area contributed by atoms with Crippen LogP contribution in [0.4, 0.5) is 0 Å². The van der Waals surface area contributed by atoms with Crippen molar-refractivity contribution >= 4 is 29.0 Å². The second-order valence-electron chi connectivity index (χ2n) is 7.38. The number of thioether (sulfide) groups is 1. The molecule has 5 nitrogen and oxygen atoms in total. The number of rotatable bonds is 8. The van der Waals surface area contributed by atoms with Gasteiger partial charge in [0.2, 0.25) is 5.91 Å². The van der Waals surface area contributed by atoms with Crippen LogP contribution in [0.2, 0.25) is 0 Å². The molecule has 0 fully saturated rings. The minimum absolute atomic E-state index is 0.0671. The lowest BCUT2D eigenvalue weighted by Crippen LogP contribution is -2.27. The molecule has 0 aliphatic rings. The third-order valence-corrected chi connectivity index (χ3v) is 6.75. The highest BCUT2D eigenvalue weighted by molar-refractivity contribution is 7.99. The average Bonchev–Trinajstić information content (AvgIpc) is 3.44. The largest absolute Gasteiger partial charge is 0.341 e. The molecule has 158 valence electrons. The van der Waals surface area contributed by atoms with Gasteiger partial charge in [0.1, 0.15) is 0 Å². The van der Waals surface area contributed by atoms with Crippen molar-refractivity contribution in [2.75, 3.05) is 12.8 Å². The Morgan fingerprint density at radius 3 is 2.48 bits per heavy atom. The maximum absolute atomic E-state index is 12.7. The van der Waals surface area contributed by atoms with Crippen LogP contribution in [-0.2, 0) is 17.9 Å². The van der Waals surface area contributed by atoms with Gasteiger partial charge in [-0.3, -0.25) is 9.36 Å². The number of hydrogen-bond donors (Lipinski definition) is 0. The van der Waals surface area contributed by atoms with Crippen LogP contribution < -0.4 is 0 Å². The van der Waals surface area contributed by atoms with E-state index in [9.17, 15) is 4.79 Å². The fourth-order valence-corrected chi connectivity index (χ4v) is 4.78. The summed E-state index contributed by atoms with van der Waals surface area (Å²) in [6.45, 7) is 3.32. The van der Waals surface area contributed by atoms with Crippen LogP contribution in [0.15, 0.2) is 77.3 Å². The van der Waals surface area contributed by atoms with Crippen LogP contribution in [-0.4, -0.2) is 38.4 Å². The average molecular weight is 449 g/mol. The molecule has 2 heterocycles. The molecule has 4 aromatic rings. The lowest BCUT2D eigenvalue weighted by molar-refractivity contribution is -0.127. The van der Waals surface area contributed by atoms with Gasteiger partial charge in [0.25, 0.3) is 0 Å². The molecule has 0 spiro atoms. The van der Waals surface area contributed by atoms with Crippen molar-refractivity contribution in [1.29, 1.82) is 0 Å². The highest BCUT2D eigenvalue weighted by atomic mass is 32.2. The van der Waals surface area contributed by atoms with Gasteiger partial charge < -0.3 is 4.90 Å². The lowest BCUT2D eigenvalue weighted by atomic mass is 10.1. The number of aromatic nitrogens is 3. The number of aryl methyl sites for hydroxylation is 1. The van der Waals surface area contributed by atoms with Gasteiger partial charge in [-0.25, -0.2) is 0 Å². The van der Waals surface area contributed by atoms with E-state index in [2.05, 4.69) is 58.1 Å². The van der Waals surface area contributed by atoms with Gasteiger partial charge in [-0.2, -0.15) is 0 Å². The molecule has 0 aliphatic carbocycles. The van der Waals surface area contributed by atoms with Crippen LogP contribution in [0.5, 0.6) is 0 Å². The summed E-state index contributed by atoms with van der Waals surface area (Å²) in [7, 11) is 1.84. The van der Waals surface area contributed by atoms with Gasteiger partial charge >= 0.3 is 0 Å². The molecule has 0 saturated heterocycles. The third-order valence-electron chi connectivity index (χ3n) is 4.93. The van der Waals surface area contributed by atoms with Crippen LogP contribution in [0.25, 0.3) is 10.7 Å².